The summed E-state index contributed by atoms with van der Waals surface area (Å²) < 4.78 is 14.2. The average molecular weight is 495 g/mol. The lowest BCUT2D eigenvalue weighted by molar-refractivity contribution is 0.0925. The van der Waals surface area contributed by atoms with Crippen LogP contribution in [0.25, 0.3) is 11.3 Å². The second-order valence-corrected chi connectivity index (χ2v) is 8.18. The van der Waals surface area contributed by atoms with E-state index in [1.54, 1.807) is 55.2 Å². The number of halogens is 1. The number of aryl methyl sites for hydroxylation is 1. The monoisotopic (exact) mass is 494 g/mol. The first kappa shape index (κ1) is 22.5. The van der Waals surface area contributed by atoms with Gasteiger partial charge >= 0.3 is 0 Å². The van der Waals surface area contributed by atoms with Crippen LogP contribution >= 0.6 is 11.6 Å². The summed E-state index contributed by atoms with van der Waals surface area (Å²) in [7, 11) is 4.93. The van der Waals surface area contributed by atoms with E-state index < -0.39 is 0 Å². The number of pyridine rings is 1. The molecule has 1 aromatic carbocycles. The van der Waals surface area contributed by atoms with Gasteiger partial charge in [0.1, 0.15) is 17.2 Å². The van der Waals surface area contributed by atoms with Crippen molar-refractivity contribution in [3.63, 3.8) is 0 Å². The first-order valence-corrected chi connectivity index (χ1v) is 11.2. The van der Waals surface area contributed by atoms with Gasteiger partial charge in [0.25, 0.3) is 5.91 Å². The van der Waals surface area contributed by atoms with E-state index in [2.05, 4.69) is 26.0 Å². The van der Waals surface area contributed by atoms with Crippen LogP contribution in [-0.4, -0.2) is 51.2 Å². The minimum Gasteiger partial charge on any atom is -0.493 e. The Kier molecular flexibility index (Phi) is 5.91. The highest BCUT2D eigenvalue weighted by Gasteiger charge is 2.28. The Morgan fingerprint density at radius 3 is 2.80 bits per heavy atom. The number of nitrogens with zero attached hydrogens (tertiary/aromatic N) is 5. The van der Waals surface area contributed by atoms with E-state index in [1.165, 1.54) is 0 Å². The van der Waals surface area contributed by atoms with E-state index >= 15 is 0 Å². The summed E-state index contributed by atoms with van der Waals surface area (Å²) in [5, 5.41) is 19.0. The molecule has 4 aromatic rings. The van der Waals surface area contributed by atoms with E-state index in [9.17, 15) is 4.79 Å². The lowest BCUT2D eigenvalue weighted by atomic mass is 10.1. The molecule has 1 aliphatic heterocycles. The summed E-state index contributed by atoms with van der Waals surface area (Å²) in [5.74, 6) is 1.91. The molecule has 1 amide bonds. The van der Waals surface area contributed by atoms with Crippen LogP contribution in [0.15, 0.2) is 42.7 Å². The third-order valence-electron chi connectivity index (χ3n) is 5.50. The molecule has 0 fully saturated rings. The van der Waals surface area contributed by atoms with Crippen molar-refractivity contribution in [1.82, 2.24) is 29.9 Å². The third-order valence-corrected chi connectivity index (χ3v) is 5.80. The molecule has 0 atom stereocenters. The first-order valence-electron chi connectivity index (χ1n) is 10.8. The largest absolute Gasteiger partial charge is 0.493 e. The van der Waals surface area contributed by atoms with Gasteiger partial charge in [0.2, 0.25) is 0 Å². The summed E-state index contributed by atoms with van der Waals surface area (Å²) in [6.07, 6.45) is 3.42. The number of benzene rings is 1. The number of ether oxygens (including phenoxy) is 2. The van der Waals surface area contributed by atoms with Gasteiger partial charge in [0.05, 0.1) is 43.4 Å². The Hall–Kier alpha value is -4.25. The molecule has 3 aromatic heterocycles. The smallest absolute Gasteiger partial charge is 0.271 e. The SMILES string of the molecule is COc1cn(C)nc1Nc1cc(-c2nn3c(c2Nc2cccc(Cl)c2OC)C(=O)NCC3)ccn1. The predicted octanol–water partition coefficient (Wildman–Crippen LogP) is 3.58. The number of methoxy groups -OCH3 is 2. The van der Waals surface area contributed by atoms with Gasteiger partial charge in [0, 0.05) is 25.4 Å². The summed E-state index contributed by atoms with van der Waals surface area (Å²) in [5.41, 5.74) is 2.90. The van der Waals surface area contributed by atoms with Crippen molar-refractivity contribution >= 4 is 40.5 Å². The van der Waals surface area contributed by atoms with Gasteiger partial charge in [-0.05, 0) is 24.3 Å². The first-order chi connectivity index (χ1) is 17.0. The zero-order valence-electron chi connectivity index (χ0n) is 19.3. The number of para-hydroxylation sites is 1. The molecule has 3 N–H and O–H groups in total. The average Bonchev–Trinajstić information content (AvgIpc) is 3.40. The maximum Gasteiger partial charge on any atom is 0.271 e. The summed E-state index contributed by atoms with van der Waals surface area (Å²) in [6.45, 7) is 1.04. The van der Waals surface area contributed by atoms with Gasteiger partial charge < -0.3 is 25.4 Å². The number of amides is 1. The fraction of sp³-hybridized carbons (Fsp3) is 0.217. The van der Waals surface area contributed by atoms with Crippen molar-refractivity contribution < 1.29 is 14.3 Å². The quantitative estimate of drug-likeness (QED) is 0.356. The molecule has 180 valence electrons. The second kappa shape index (κ2) is 9.18. The Morgan fingerprint density at radius 1 is 1.14 bits per heavy atom. The maximum absolute atomic E-state index is 12.8. The molecule has 0 saturated heterocycles. The van der Waals surface area contributed by atoms with Crippen molar-refractivity contribution in [2.45, 2.75) is 6.54 Å². The number of carbonyl (C=O) groups excluding carboxylic acids is 1. The molecule has 0 spiro atoms. The topological polar surface area (TPSA) is 120 Å². The van der Waals surface area contributed by atoms with E-state index in [0.29, 0.717) is 64.0 Å². The molecule has 35 heavy (non-hydrogen) atoms. The molecule has 0 radical (unpaired) electrons. The van der Waals surface area contributed by atoms with Gasteiger partial charge in [-0.25, -0.2) is 4.98 Å². The van der Waals surface area contributed by atoms with Crippen LogP contribution in [0.2, 0.25) is 5.02 Å². The highest BCUT2D eigenvalue weighted by Crippen LogP contribution is 2.39. The molecule has 5 rings (SSSR count). The number of carbonyl (C=O) groups is 1. The molecule has 0 saturated carbocycles. The molecule has 11 nitrogen and oxygen atoms in total. The summed E-state index contributed by atoms with van der Waals surface area (Å²) >= 11 is 6.32. The molecule has 0 bridgehead atoms. The van der Waals surface area contributed by atoms with Crippen molar-refractivity contribution in [2.24, 2.45) is 7.05 Å². The van der Waals surface area contributed by atoms with E-state index in [1.807, 2.05) is 18.2 Å². The number of fused-ring (bicyclic) bond motifs is 1. The number of nitrogens with one attached hydrogen (secondary N) is 3. The zero-order valence-corrected chi connectivity index (χ0v) is 20.1. The van der Waals surface area contributed by atoms with Crippen LogP contribution in [0.5, 0.6) is 11.5 Å². The Morgan fingerprint density at radius 2 is 2.00 bits per heavy atom. The van der Waals surface area contributed by atoms with E-state index in [4.69, 9.17) is 26.2 Å². The number of hydrogen-bond donors (Lipinski definition) is 3. The van der Waals surface area contributed by atoms with Crippen LogP contribution in [0.1, 0.15) is 10.5 Å². The molecular formula is C23H23ClN8O3. The fourth-order valence-electron chi connectivity index (χ4n) is 3.95. The van der Waals surface area contributed by atoms with Crippen LogP contribution < -0.4 is 25.4 Å². The van der Waals surface area contributed by atoms with Gasteiger partial charge in [-0.2, -0.15) is 10.2 Å². The molecule has 4 heterocycles. The van der Waals surface area contributed by atoms with Gasteiger partial charge in [-0.3, -0.25) is 14.2 Å². The third kappa shape index (κ3) is 4.21. The van der Waals surface area contributed by atoms with Crippen molar-refractivity contribution in [1.29, 1.82) is 0 Å². The lowest BCUT2D eigenvalue weighted by Gasteiger charge is -2.17. The van der Waals surface area contributed by atoms with E-state index in [-0.39, 0.29) is 5.91 Å². The highest BCUT2D eigenvalue weighted by molar-refractivity contribution is 6.32. The molecule has 0 aliphatic carbocycles. The molecule has 12 heteroatoms. The van der Waals surface area contributed by atoms with Crippen LogP contribution in [0, 0.1) is 0 Å². The van der Waals surface area contributed by atoms with Crippen molar-refractivity contribution in [3.05, 3.63) is 53.4 Å². The van der Waals surface area contributed by atoms with Gasteiger partial charge in [-0.1, -0.05) is 17.7 Å². The number of anilines is 4. The zero-order chi connectivity index (χ0) is 24.5. The molecular weight excluding hydrogens is 472 g/mol. The van der Waals surface area contributed by atoms with Crippen LogP contribution in [0.3, 0.4) is 0 Å². The summed E-state index contributed by atoms with van der Waals surface area (Å²) in [6, 6.07) is 9.03. The number of hydrogen-bond acceptors (Lipinski definition) is 8. The Bertz CT molecular complexity index is 1410. The standard InChI is InChI=1S/C23H23ClN8O3/c1-31-12-16(34-2)22(30-31)28-17-11-13(7-8-25-17)18-19(20-23(33)26-9-10-32(20)29-18)27-15-6-4-5-14(24)21(15)35-3/h4-8,11-12,27H,9-10H2,1-3H3,(H,26,33)(H,25,28,30). The van der Waals surface area contributed by atoms with Gasteiger partial charge in [0.15, 0.2) is 17.3 Å². The Labute approximate surface area is 206 Å². The second-order valence-electron chi connectivity index (χ2n) is 7.77. The number of rotatable bonds is 7. The fourth-order valence-corrected chi connectivity index (χ4v) is 4.21. The van der Waals surface area contributed by atoms with Crippen LogP contribution in [0.4, 0.5) is 23.0 Å². The highest BCUT2D eigenvalue weighted by atomic mass is 35.5. The van der Waals surface area contributed by atoms with Gasteiger partial charge in [-0.15, -0.1) is 0 Å². The van der Waals surface area contributed by atoms with Crippen molar-refractivity contribution in [3.8, 4) is 22.8 Å². The maximum atomic E-state index is 12.8. The minimum absolute atomic E-state index is 0.218. The Balaban J connectivity index is 1.58. The summed E-state index contributed by atoms with van der Waals surface area (Å²) in [4.78, 5) is 17.2. The van der Waals surface area contributed by atoms with Crippen molar-refractivity contribution in [2.75, 3.05) is 31.4 Å². The predicted molar refractivity (Wildman–Crippen MR) is 132 cm³/mol. The van der Waals surface area contributed by atoms with E-state index in [0.717, 1.165) is 5.56 Å². The lowest BCUT2D eigenvalue weighted by Crippen LogP contribution is -2.35. The number of aromatic nitrogens is 5. The molecule has 0 unspecified atom stereocenters. The minimum atomic E-state index is -0.218. The normalized spacial score (nSPS) is 12.6. The van der Waals surface area contributed by atoms with Crippen LogP contribution in [-0.2, 0) is 13.6 Å². The molecule has 1 aliphatic rings.